The van der Waals surface area contributed by atoms with Gasteiger partial charge in [-0.15, -0.1) is 0 Å². The van der Waals surface area contributed by atoms with Crippen molar-refractivity contribution in [2.45, 2.75) is 12.5 Å². The first-order valence-corrected chi connectivity index (χ1v) is 9.97. The molecule has 0 saturated heterocycles. The number of para-hydroxylation sites is 2. The maximum absolute atomic E-state index is 5.61. The van der Waals surface area contributed by atoms with Gasteiger partial charge in [0.25, 0.3) is 0 Å². The number of hydrogen-bond acceptors (Lipinski definition) is 4. The van der Waals surface area contributed by atoms with Crippen LogP contribution in [0.5, 0.6) is 17.2 Å². The number of ether oxygens (including phenoxy) is 3. The first kappa shape index (κ1) is 18.4. The standard InChI is InChI=1S/C25H24N2O3/c1-28-21-13-16(14-22(29-2)25(21)30-3)23-24-18(17-9-5-7-11-20(17)27-24)12-15-8-4-6-10-19(15)26-23/h4-11,13-14,23,26-27H,12H2,1-3H3. The molecule has 1 aliphatic rings. The van der Waals surface area contributed by atoms with Crippen molar-refractivity contribution in [3.05, 3.63) is 83.0 Å². The zero-order valence-corrected chi connectivity index (χ0v) is 17.3. The Kier molecular flexibility index (Phi) is 4.51. The molecule has 0 saturated carbocycles. The zero-order valence-electron chi connectivity index (χ0n) is 17.3. The molecule has 5 heteroatoms. The highest BCUT2D eigenvalue weighted by Crippen LogP contribution is 2.44. The van der Waals surface area contributed by atoms with Gasteiger partial charge in [0, 0.05) is 28.7 Å². The number of aromatic nitrogens is 1. The van der Waals surface area contributed by atoms with Crippen molar-refractivity contribution in [3.8, 4) is 17.2 Å². The maximum atomic E-state index is 5.61. The van der Waals surface area contributed by atoms with Crippen LogP contribution in [0.3, 0.4) is 0 Å². The monoisotopic (exact) mass is 400 g/mol. The number of H-pyrrole nitrogens is 1. The molecule has 1 aromatic heterocycles. The van der Waals surface area contributed by atoms with E-state index in [1.165, 1.54) is 16.5 Å². The van der Waals surface area contributed by atoms with Gasteiger partial charge < -0.3 is 24.5 Å². The molecular weight excluding hydrogens is 376 g/mol. The van der Waals surface area contributed by atoms with Gasteiger partial charge in [-0.25, -0.2) is 0 Å². The normalized spacial score (nSPS) is 15.0. The van der Waals surface area contributed by atoms with Crippen LogP contribution in [0.4, 0.5) is 5.69 Å². The van der Waals surface area contributed by atoms with Gasteiger partial charge in [0.2, 0.25) is 5.75 Å². The lowest BCUT2D eigenvalue weighted by Crippen LogP contribution is -2.13. The summed E-state index contributed by atoms with van der Waals surface area (Å²) in [6, 6.07) is 20.9. The highest BCUT2D eigenvalue weighted by molar-refractivity contribution is 5.86. The molecule has 5 nitrogen and oxygen atoms in total. The van der Waals surface area contributed by atoms with E-state index in [1.807, 2.05) is 12.1 Å². The molecule has 0 amide bonds. The van der Waals surface area contributed by atoms with E-state index in [2.05, 4.69) is 58.8 Å². The molecule has 0 fully saturated rings. The molecule has 5 rings (SSSR count). The lowest BCUT2D eigenvalue weighted by molar-refractivity contribution is 0.323. The van der Waals surface area contributed by atoms with Crippen molar-refractivity contribution in [1.82, 2.24) is 4.98 Å². The zero-order chi connectivity index (χ0) is 20.7. The minimum Gasteiger partial charge on any atom is -0.493 e. The summed E-state index contributed by atoms with van der Waals surface area (Å²) in [4.78, 5) is 3.67. The van der Waals surface area contributed by atoms with E-state index >= 15 is 0 Å². The Morgan fingerprint density at radius 3 is 2.27 bits per heavy atom. The Hall–Kier alpha value is -3.60. The van der Waals surface area contributed by atoms with Crippen molar-refractivity contribution in [1.29, 1.82) is 0 Å². The number of anilines is 1. The van der Waals surface area contributed by atoms with Gasteiger partial charge >= 0.3 is 0 Å². The van der Waals surface area contributed by atoms with Crippen LogP contribution in [-0.4, -0.2) is 26.3 Å². The Labute approximate surface area is 175 Å². The van der Waals surface area contributed by atoms with E-state index in [-0.39, 0.29) is 6.04 Å². The van der Waals surface area contributed by atoms with Crippen molar-refractivity contribution < 1.29 is 14.2 Å². The van der Waals surface area contributed by atoms with Crippen molar-refractivity contribution in [2.24, 2.45) is 0 Å². The van der Waals surface area contributed by atoms with E-state index in [1.54, 1.807) is 21.3 Å². The summed E-state index contributed by atoms with van der Waals surface area (Å²) in [5.41, 5.74) is 7.04. The third-order valence-corrected chi connectivity index (χ3v) is 5.84. The van der Waals surface area contributed by atoms with Crippen LogP contribution in [0.15, 0.2) is 60.7 Å². The molecule has 1 aliphatic heterocycles. The smallest absolute Gasteiger partial charge is 0.203 e. The molecule has 30 heavy (non-hydrogen) atoms. The van der Waals surface area contributed by atoms with Crippen molar-refractivity contribution in [3.63, 3.8) is 0 Å². The molecule has 0 aliphatic carbocycles. The molecule has 152 valence electrons. The fourth-order valence-electron chi connectivity index (χ4n) is 4.41. The number of rotatable bonds is 4. The van der Waals surface area contributed by atoms with E-state index in [0.29, 0.717) is 17.2 Å². The summed E-state index contributed by atoms with van der Waals surface area (Å²) in [6.45, 7) is 0. The minimum atomic E-state index is -0.0928. The van der Waals surface area contributed by atoms with Crippen LogP contribution in [-0.2, 0) is 6.42 Å². The number of fused-ring (bicyclic) bond motifs is 4. The molecule has 4 aromatic rings. The van der Waals surface area contributed by atoms with Crippen molar-refractivity contribution in [2.75, 3.05) is 26.6 Å². The van der Waals surface area contributed by atoms with Gasteiger partial charge in [0.15, 0.2) is 11.5 Å². The van der Waals surface area contributed by atoms with E-state index < -0.39 is 0 Å². The third-order valence-electron chi connectivity index (χ3n) is 5.84. The predicted octanol–water partition coefficient (Wildman–Crippen LogP) is 5.30. The number of hydrogen-bond donors (Lipinski definition) is 2. The molecule has 1 unspecified atom stereocenters. The second-order valence-corrected chi connectivity index (χ2v) is 7.43. The molecule has 0 bridgehead atoms. The quantitative estimate of drug-likeness (QED) is 0.488. The summed E-state index contributed by atoms with van der Waals surface area (Å²) >= 11 is 0. The fourth-order valence-corrected chi connectivity index (χ4v) is 4.41. The van der Waals surface area contributed by atoms with Gasteiger partial charge in [0.05, 0.1) is 27.4 Å². The highest BCUT2D eigenvalue weighted by Gasteiger charge is 2.28. The molecule has 0 spiro atoms. The molecular formula is C25H24N2O3. The summed E-state index contributed by atoms with van der Waals surface area (Å²) in [5, 5.41) is 5.00. The molecule has 2 N–H and O–H groups in total. The summed E-state index contributed by atoms with van der Waals surface area (Å²) in [7, 11) is 4.91. The van der Waals surface area contributed by atoms with Crippen LogP contribution in [0.2, 0.25) is 0 Å². The number of aromatic amines is 1. The second-order valence-electron chi connectivity index (χ2n) is 7.43. The topological polar surface area (TPSA) is 55.5 Å². The number of benzene rings is 3. The van der Waals surface area contributed by atoms with Crippen LogP contribution in [0, 0.1) is 0 Å². The Balaban J connectivity index is 1.76. The number of methoxy groups -OCH3 is 3. The van der Waals surface area contributed by atoms with Gasteiger partial charge in [0.1, 0.15) is 0 Å². The average molecular weight is 400 g/mol. The molecule has 1 atom stereocenters. The van der Waals surface area contributed by atoms with Gasteiger partial charge in [-0.3, -0.25) is 0 Å². The van der Waals surface area contributed by atoms with Crippen LogP contribution >= 0.6 is 0 Å². The lowest BCUT2D eigenvalue weighted by atomic mass is 9.97. The van der Waals surface area contributed by atoms with Crippen LogP contribution in [0.25, 0.3) is 10.9 Å². The highest BCUT2D eigenvalue weighted by atomic mass is 16.5. The Bertz CT molecular complexity index is 1200. The predicted molar refractivity (Wildman–Crippen MR) is 119 cm³/mol. The molecule has 3 aromatic carbocycles. The summed E-state index contributed by atoms with van der Waals surface area (Å²) in [6.07, 6.45) is 0.865. The maximum Gasteiger partial charge on any atom is 0.203 e. The Morgan fingerprint density at radius 2 is 1.53 bits per heavy atom. The summed E-state index contributed by atoms with van der Waals surface area (Å²) < 4.78 is 16.8. The van der Waals surface area contributed by atoms with Gasteiger partial charge in [-0.05, 0) is 41.0 Å². The van der Waals surface area contributed by atoms with Gasteiger partial charge in [-0.1, -0.05) is 36.4 Å². The lowest BCUT2D eigenvalue weighted by Gasteiger charge is -2.22. The third kappa shape index (κ3) is 2.86. The SMILES string of the molecule is COc1cc(C2Nc3ccccc3Cc3c2[nH]c2ccccc32)cc(OC)c1OC. The molecule has 2 heterocycles. The van der Waals surface area contributed by atoms with E-state index in [9.17, 15) is 0 Å². The molecule has 0 radical (unpaired) electrons. The fraction of sp³-hybridized carbons (Fsp3) is 0.200. The first-order valence-electron chi connectivity index (χ1n) is 9.97. The van der Waals surface area contributed by atoms with E-state index in [0.717, 1.165) is 28.9 Å². The van der Waals surface area contributed by atoms with Crippen LogP contribution in [0.1, 0.15) is 28.4 Å². The minimum absolute atomic E-state index is 0.0928. The summed E-state index contributed by atoms with van der Waals surface area (Å²) in [5.74, 6) is 1.88. The van der Waals surface area contributed by atoms with E-state index in [4.69, 9.17) is 14.2 Å². The average Bonchev–Trinajstić information content (AvgIpc) is 3.06. The largest absolute Gasteiger partial charge is 0.493 e. The first-order chi connectivity index (χ1) is 14.7. The Morgan fingerprint density at radius 1 is 0.833 bits per heavy atom. The van der Waals surface area contributed by atoms with Crippen LogP contribution < -0.4 is 19.5 Å². The second kappa shape index (κ2) is 7.34. The van der Waals surface area contributed by atoms with Crippen molar-refractivity contribution >= 4 is 16.6 Å². The number of nitrogens with one attached hydrogen (secondary N) is 2. The van der Waals surface area contributed by atoms with Gasteiger partial charge in [-0.2, -0.15) is 0 Å².